The molecule has 0 bridgehead atoms. The van der Waals surface area contributed by atoms with E-state index in [4.69, 9.17) is 37.6 Å². The zero-order valence-electron chi connectivity index (χ0n) is 33.8. The van der Waals surface area contributed by atoms with Crippen molar-refractivity contribution in [1.29, 1.82) is 0 Å². The molecule has 0 saturated carbocycles. The molecule has 11 nitrogen and oxygen atoms in total. The molecule has 0 aromatic heterocycles. The fraction of sp³-hybridized carbons (Fsp3) is 0.683. The summed E-state index contributed by atoms with van der Waals surface area (Å²) >= 11 is 0. The summed E-state index contributed by atoms with van der Waals surface area (Å²) in [6, 6.07) is 14.9. The van der Waals surface area contributed by atoms with Crippen molar-refractivity contribution in [2.45, 2.75) is 95.9 Å². The Kier molecular flexibility index (Phi) is 17.4. The summed E-state index contributed by atoms with van der Waals surface area (Å²) in [7, 11) is 2.62. The van der Waals surface area contributed by atoms with Gasteiger partial charge in [0.15, 0.2) is 0 Å². The molecule has 0 radical (unpaired) electrons. The largest absolute Gasteiger partial charge is 0.490 e. The van der Waals surface area contributed by atoms with Gasteiger partial charge in [-0.15, -0.1) is 0 Å². The molecule has 3 atom stereocenters. The molecule has 0 N–H and O–H groups in total. The third-order valence-corrected chi connectivity index (χ3v) is 16.8. The number of amides is 1. The molecule has 2 aliphatic rings. The number of carbonyl (C=O) groups is 1. The molecule has 0 spiro atoms. The molecular formula is C41H66N2O9Si. The molecule has 1 amide bonds. The predicted molar refractivity (Wildman–Crippen MR) is 211 cm³/mol. The van der Waals surface area contributed by atoms with Crippen LogP contribution in [-0.4, -0.2) is 119 Å². The fourth-order valence-corrected chi connectivity index (χ4v) is 13.8. The van der Waals surface area contributed by atoms with Crippen LogP contribution in [-0.2, 0) is 46.1 Å². The van der Waals surface area contributed by atoms with Gasteiger partial charge in [0.2, 0.25) is 8.32 Å². The lowest BCUT2D eigenvalue weighted by atomic mass is 9.84. The summed E-state index contributed by atoms with van der Waals surface area (Å²) < 4.78 is 47.7. The van der Waals surface area contributed by atoms with E-state index in [-0.39, 0.29) is 30.8 Å². The second-order valence-corrected chi connectivity index (χ2v) is 20.5. The summed E-state index contributed by atoms with van der Waals surface area (Å²) in [5.74, 6) is 0.756. The van der Waals surface area contributed by atoms with Gasteiger partial charge in [0.05, 0.1) is 64.0 Å². The molecule has 2 aromatic rings. The quantitative estimate of drug-likeness (QED) is 0.0946. The molecule has 2 aliphatic heterocycles. The summed E-state index contributed by atoms with van der Waals surface area (Å²) in [5, 5.41) is 0. The molecule has 4 rings (SSSR count). The van der Waals surface area contributed by atoms with Crippen LogP contribution in [0.5, 0.6) is 5.75 Å². The molecule has 0 unspecified atom stereocenters. The van der Waals surface area contributed by atoms with Gasteiger partial charge in [0, 0.05) is 46.9 Å². The normalized spacial score (nSPS) is 19.2. The Morgan fingerprint density at radius 2 is 1.43 bits per heavy atom. The van der Waals surface area contributed by atoms with E-state index < -0.39 is 8.32 Å². The third kappa shape index (κ3) is 11.4. The number of likely N-dealkylation sites (tertiary alicyclic amines) is 1. The number of methoxy groups -OCH3 is 3. The van der Waals surface area contributed by atoms with E-state index in [1.807, 2.05) is 6.07 Å². The van der Waals surface area contributed by atoms with Crippen molar-refractivity contribution in [3.63, 3.8) is 0 Å². The van der Waals surface area contributed by atoms with Crippen molar-refractivity contribution in [2.24, 2.45) is 0 Å². The summed E-state index contributed by atoms with van der Waals surface area (Å²) in [6.45, 7) is 20.1. The molecule has 2 heterocycles. The van der Waals surface area contributed by atoms with E-state index in [0.717, 1.165) is 47.6 Å². The number of hydrogen-bond acceptors (Lipinski definition) is 10. The molecule has 2 aromatic carbocycles. The maximum Gasteiger partial charge on any atom is 0.410 e. The van der Waals surface area contributed by atoms with E-state index in [9.17, 15) is 4.79 Å². The Hall–Kier alpha value is -2.71. The number of anilines is 1. The average molecular weight is 759 g/mol. The van der Waals surface area contributed by atoms with Crippen molar-refractivity contribution in [2.75, 3.05) is 92.0 Å². The van der Waals surface area contributed by atoms with Crippen LogP contribution in [0.1, 0.15) is 70.6 Å². The molecule has 53 heavy (non-hydrogen) atoms. The standard InChI is InChI=1S/C41H66N2O9Si/c1-30(2)53(31(3)4,32(5)6)52-39-27-43(41(44)50-24-22-47-9)26-38(40(39)35-14-11-33(12-15-35)28-48-23-21-46-8)51-29-34-13-16-37-36(25-34)42(18-20-49-37)17-10-19-45-7/h11-16,25,30-32,38-40H,10,17-24,26-29H2,1-9H3/t38-,39+,40+/m0/s1. The summed E-state index contributed by atoms with van der Waals surface area (Å²) in [4.78, 5) is 17.8. The van der Waals surface area contributed by atoms with Gasteiger partial charge in [-0.1, -0.05) is 71.9 Å². The number of rotatable bonds is 21. The van der Waals surface area contributed by atoms with Crippen LogP contribution in [0.4, 0.5) is 10.5 Å². The summed E-state index contributed by atoms with van der Waals surface area (Å²) in [5.41, 5.74) is 5.41. The van der Waals surface area contributed by atoms with Crippen LogP contribution in [0.25, 0.3) is 0 Å². The monoisotopic (exact) mass is 758 g/mol. The second kappa shape index (κ2) is 21.4. The fourth-order valence-electron chi connectivity index (χ4n) is 8.21. The van der Waals surface area contributed by atoms with Gasteiger partial charge in [-0.3, -0.25) is 0 Å². The molecule has 1 saturated heterocycles. The minimum atomic E-state index is -2.39. The number of ether oxygens (including phenoxy) is 7. The Morgan fingerprint density at radius 1 is 0.792 bits per heavy atom. The smallest absolute Gasteiger partial charge is 0.410 e. The van der Waals surface area contributed by atoms with Gasteiger partial charge in [0.1, 0.15) is 19.0 Å². The first-order chi connectivity index (χ1) is 25.5. The Balaban J connectivity index is 1.70. The first kappa shape index (κ1) is 43.0. The van der Waals surface area contributed by atoms with Crippen LogP contribution >= 0.6 is 0 Å². The van der Waals surface area contributed by atoms with Crippen molar-refractivity contribution in [3.05, 3.63) is 59.2 Å². The van der Waals surface area contributed by atoms with E-state index >= 15 is 0 Å². The van der Waals surface area contributed by atoms with Gasteiger partial charge in [0.25, 0.3) is 0 Å². The highest BCUT2D eigenvalue weighted by atomic mass is 28.4. The maximum atomic E-state index is 13.6. The molecule has 1 fully saturated rings. The second-order valence-electron chi connectivity index (χ2n) is 15.1. The van der Waals surface area contributed by atoms with Crippen molar-refractivity contribution < 1.29 is 42.4 Å². The van der Waals surface area contributed by atoms with Gasteiger partial charge < -0.3 is 47.4 Å². The first-order valence-corrected chi connectivity index (χ1v) is 21.5. The topological polar surface area (TPSA) is 97.4 Å². The molecular weight excluding hydrogens is 693 g/mol. The number of hydrogen-bond donors (Lipinski definition) is 0. The van der Waals surface area contributed by atoms with E-state index in [0.29, 0.717) is 76.0 Å². The van der Waals surface area contributed by atoms with Crippen LogP contribution in [0.2, 0.25) is 16.6 Å². The Morgan fingerprint density at radius 3 is 2.09 bits per heavy atom. The Bertz CT molecular complexity index is 1350. The number of carbonyl (C=O) groups excluding carboxylic acids is 1. The lowest BCUT2D eigenvalue weighted by Gasteiger charge is -2.50. The average Bonchev–Trinajstić information content (AvgIpc) is 3.14. The van der Waals surface area contributed by atoms with Crippen LogP contribution in [0.3, 0.4) is 0 Å². The lowest BCUT2D eigenvalue weighted by molar-refractivity contribution is -0.0666. The number of nitrogens with zero attached hydrogens (tertiary/aromatic N) is 2. The number of piperidine rings is 1. The van der Waals surface area contributed by atoms with Crippen molar-refractivity contribution in [1.82, 2.24) is 4.90 Å². The van der Waals surface area contributed by atoms with Crippen molar-refractivity contribution >= 4 is 20.1 Å². The minimum absolute atomic E-state index is 0.129. The minimum Gasteiger partial charge on any atom is -0.490 e. The highest BCUT2D eigenvalue weighted by Crippen LogP contribution is 2.46. The molecule has 12 heteroatoms. The van der Waals surface area contributed by atoms with Gasteiger partial charge in [-0.2, -0.15) is 0 Å². The van der Waals surface area contributed by atoms with Gasteiger partial charge in [-0.25, -0.2) is 4.79 Å². The number of fused-ring (bicyclic) bond motifs is 1. The lowest BCUT2D eigenvalue weighted by Crippen LogP contribution is -2.59. The van der Waals surface area contributed by atoms with E-state index in [2.05, 4.69) is 82.8 Å². The SMILES string of the molecule is COCCCN1CCOc2ccc(CO[C@H]3CN(C(=O)OCCOC)C[C@@H](O[Si](C(C)C)(C(C)C)C(C)C)[C@@H]3c3ccc(COCCOC)cc3)cc21. The first-order valence-electron chi connectivity index (χ1n) is 19.4. The Labute approximate surface area is 319 Å². The number of benzene rings is 2. The third-order valence-electron chi connectivity index (χ3n) is 10.7. The zero-order chi connectivity index (χ0) is 38.4. The van der Waals surface area contributed by atoms with Crippen LogP contribution in [0.15, 0.2) is 42.5 Å². The summed E-state index contributed by atoms with van der Waals surface area (Å²) in [6.07, 6.45) is -0.116. The van der Waals surface area contributed by atoms with Crippen LogP contribution < -0.4 is 9.64 Å². The molecule has 0 aliphatic carbocycles. The predicted octanol–water partition coefficient (Wildman–Crippen LogP) is 7.41. The van der Waals surface area contributed by atoms with Crippen molar-refractivity contribution in [3.8, 4) is 5.75 Å². The van der Waals surface area contributed by atoms with E-state index in [1.54, 1.807) is 26.2 Å². The van der Waals surface area contributed by atoms with Crippen LogP contribution in [0, 0.1) is 0 Å². The van der Waals surface area contributed by atoms with Gasteiger partial charge >= 0.3 is 6.09 Å². The molecule has 298 valence electrons. The van der Waals surface area contributed by atoms with Gasteiger partial charge in [-0.05, 0) is 51.9 Å². The maximum absolute atomic E-state index is 13.6. The zero-order valence-corrected chi connectivity index (χ0v) is 34.8. The highest BCUT2D eigenvalue weighted by Gasteiger charge is 2.51. The van der Waals surface area contributed by atoms with E-state index in [1.165, 1.54) is 0 Å². The highest BCUT2D eigenvalue weighted by molar-refractivity contribution is 6.77.